The summed E-state index contributed by atoms with van der Waals surface area (Å²) in [4.78, 5) is 0. The van der Waals surface area contributed by atoms with Crippen molar-refractivity contribution < 1.29 is 0 Å². The van der Waals surface area contributed by atoms with Crippen molar-refractivity contribution in [2.75, 3.05) is 13.6 Å². The number of halogens is 1. The summed E-state index contributed by atoms with van der Waals surface area (Å²) in [6.07, 6.45) is 10.5. The van der Waals surface area contributed by atoms with Crippen LogP contribution >= 0.6 is 22.9 Å². The maximum atomic E-state index is 2.35. The van der Waals surface area contributed by atoms with Gasteiger partial charge in [0, 0.05) is 29.4 Å². The molecule has 62 valence electrons. The fourth-order valence-corrected chi connectivity index (χ4v) is 1.38. The lowest BCUT2D eigenvalue weighted by molar-refractivity contribution is 0.611. The highest BCUT2D eigenvalue weighted by Crippen LogP contribution is 2.13. The first-order valence-electron chi connectivity index (χ1n) is 4.01. The van der Waals surface area contributed by atoms with E-state index in [2.05, 4.69) is 51.3 Å². The summed E-state index contributed by atoms with van der Waals surface area (Å²) in [6.45, 7) is 1.15. The van der Waals surface area contributed by atoms with Crippen LogP contribution in [0.2, 0.25) is 0 Å². The van der Waals surface area contributed by atoms with E-state index in [1.165, 1.54) is 24.8 Å². The summed E-state index contributed by atoms with van der Waals surface area (Å²) >= 11 is 2.32. The highest BCUT2D eigenvalue weighted by Gasteiger charge is 1.98. The van der Waals surface area contributed by atoms with E-state index >= 15 is 0 Å². The maximum absolute atomic E-state index is 2.35. The monoisotopic (exact) mass is 263 g/mol. The molecule has 0 amide bonds. The van der Waals surface area contributed by atoms with Gasteiger partial charge in [-0.15, -0.1) is 0 Å². The molecule has 0 bridgehead atoms. The van der Waals surface area contributed by atoms with Crippen LogP contribution < -0.4 is 0 Å². The third-order valence-electron chi connectivity index (χ3n) is 1.78. The van der Waals surface area contributed by atoms with Gasteiger partial charge in [0.1, 0.15) is 0 Å². The number of nitrogens with zero attached hydrogens (tertiary/aromatic N) is 1. The van der Waals surface area contributed by atoms with E-state index in [0.717, 1.165) is 6.54 Å². The molecule has 0 saturated heterocycles. The second-order valence-electron chi connectivity index (χ2n) is 2.84. The molecular weight excluding hydrogens is 249 g/mol. The molecule has 0 aliphatic heterocycles. The molecule has 1 nitrogen and oxygen atoms in total. The van der Waals surface area contributed by atoms with Gasteiger partial charge in [-0.3, -0.25) is 3.11 Å². The van der Waals surface area contributed by atoms with Crippen molar-refractivity contribution in [3.8, 4) is 0 Å². The van der Waals surface area contributed by atoms with Crippen LogP contribution in [0.4, 0.5) is 0 Å². The van der Waals surface area contributed by atoms with Crippen LogP contribution in [0.25, 0.3) is 0 Å². The summed E-state index contributed by atoms with van der Waals surface area (Å²) in [6, 6.07) is 0. The normalized spacial score (nSPS) is 17.2. The Bertz CT molecular complexity index is 170. The minimum atomic E-state index is 1.15. The zero-order chi connectivity index (χ0) is 8.10. The third kappa shape index (κ3) is 3.91. The van der Waals surface area contributed by atoms with E-state index < -0.39 is 0 Å². The van der Waals surface area contributed by atoms with Gasteiger partial charge in [0.25, 0.3) is 0 Å². The van der Waals surface area contributed by atoms with Crippen molar-refractivity contribution >= 4 is 22.9 Å². The van der Waals surface area contributed by atoms with Crippen LogP contribution in [0.15, 0.2) is 23.8 Å². The molecule has 0 fully saturated rings. The molecule has 2 heteroatoms. The zero-order valence-corrected chi connectivity index (χ0v) is 9.04. The van der Waals surface area contributed by atoms with Crippen LogP contribution in [0, 0.1) is 0 Å². The number of hydrogen-bond acceptors (Lipinski definition) is 1. The molecule has 0 unspecified atom stereocenters. The first-order chi connectivity index (χ1) is 5.29. The van der Waals surface area contributed by atoms with E-state index in [9.17, 15) is 0 Å². The average molecular weight is 263 g/mol. The second-order valence-corrected chi connectivity index (χ2v) is 4.48. The summed E-state index contributed by atoms with van der Waals surface area (Å²) in [5, 5.41) is 0. The molecular formula is C9H14IN. The van der Waals surface area contributed by atoms with Crippen molar-refractivity contribution in [1.29, 1.82) is 0 Å². The quantitative estimate of drug-likeness (QED) is 0.559. The van der Waals surface area contributed by atoms with Gasteiger partial charge in [-0.25, -0.2) is 0 Å². The Morgan fingerprint density at radius 1 is 1.55 bits per heavy atom. The van der Waals surface area contributed by atoms with Gasteiger partial charge >= 0.3 is 0 Å². The van der Waals surface area contributed by atoms with Gasteiger partial charge < -0.3 is 0 Å². The highest BCUT2D eigenvalue weighted by atomic mass is 127. The lowest BCUT2D eigenvalue weighted by Crippen LogP contribution is -2.06. The van der Waals surface area contributed by atoms with Gasteiger partial charge in [0.2, 0.25) is 0 Å². The Morgan fingerprint density at radius 3 is 2.91 bits per heavy atom. The molecule has 0 aromatic carbocycles. The van der Waals surface area contributed by atoms with Gasteiger partial charge in [0.05, 0.1) is 0 Å². The van der Waals surface area contributed by atoms with Crippen molar-refractivity contribution in [2.45, 2.75) is 19.3 Å². The van der Waals surface area contributed by atoms with Gasteiger partial charge in [-0.2, -0.15) is 0 Å². The van der Waals surface area contributed by atoms with Crippen LogP contribution in [0.5, 0.6) is 0 Å². The average Bonchev–Trinajstić information content (AvgIpc) is 2.03. The molecule has 0 aromatic heterocycles. The van der Waals surface area contributed by atoms with Crippen LogP contribution in [0.3, 0.4) is 0 Å². The fraction of sp³-hybridized carbons (Fsp3) is 0.556. The molecule has 0 aromatic rings. The maximum Gasteiger partial charge on any atom is 0.0198 e. The molecule has 1 aliphatic rings. The molecule has 1 aliphatic carbocycles. The minimum Gasteiger partial charge on any atom is -0.250 e. The topological polar surface area (TPSA) is 3.24 Å². The Hall–Kier alpha value is 0.170. The predicted octanol–water partition coefficient (Wildman–Crippen LogP) is 2.93. The van der Waals surface area contributed by atoms with Crippen molar-refractivity contribution in [1.82, 2.24) is 3.11 Å². The van der Waals surface area contributed by atoms with E-state index in [1.54, 1.807) is 0 Å². The number of allylic oxidation sites excluding steroid dienone is 3. The SMILES string of the molecule is CN(I)CCC1=CCCC=C1. The van der Waals surface area contributed by atoms with Crippen molar-refractivity contribution in [3.05, 3.63) is 23.8 Å². The molecule has 0 heterocycles. The Labute approximate surface area is 82.7 Å². The third-order valence-corrected chi connectivity index (χ3v) is 2.26. The minimum absolute atomic E-state index is 1.15. The smallest absolute Gasteiger partial charge is 0.0198 e. The predicted molar refractivity (Wildman–Crippen MR) is 57.7 cm³/mol. The Balaban J connectivity index is 2.25. The van der Waals surface area contributed by atoms with Crippen LogP contribution in [-0.4, -0.2) is 16.7 Å². The molecule has 1 rings (SSSR count). The molecule has 11 heavy (non-hydrogen) atoms. The largest absolute Gasteiger partial charge is 0.250 e. The van der Waals surface area contributed by atoms with Gasteiger partial charge in [0.15, 0.2) is 0 Å². The molecule has 0 spiro atoms. The fourth-order valence-electron chi connectivity index (χ4n) is 1.14. The molecule has 0 saturated carbocycles. The zero-order valence-electron chi connectivity index (χ0n) is 6.89. The highest BCUT2D eigenvalue weighted by molar-refractivity contribution is 14.1. The number of hydrogen-bond donors (Lipinski definition) is 0. The Morgan fingerprint density at radius 2 is 2.36 bits per heavy atom. The molecule has 0 radical (unpaired) electrons. The van der Waals surface area contributed by atoms with Crippen molar-refractivity contribution in [2.24, 2.45) is 0 Å². The van der Waals surface area contributed by atoms with Gasteiger partial charge in [-0.1, -0.05) is 23.8 Å². The molecule has 0 atom stereocenters. The van der Waals surface area contributed by atoms with Gasteiger partial charge in [-0.05, 0) is 26.3 Å². The van der Waals surface area contributed by atoms with Crippen LogP contribution in [-0.2, 0) is 0 Å². The van der Waals surface area contributed by atoms with Crippen molar-refractivity contribution in [3.63, 3.8) is 0 Å². The lowest BCUT2D eigenvalue weighted by Gasteiger charge is -2.09. The first kappa shape index (κ1) is 9.26. The van der Waals surface area contributed by atoms with E-state index in [-0.39, 0.29) is 0 Å². The summed E-state index contributed by atoms with van der Waals surface area (Å²) in [5.41, 5.74) is 1.50. The van der Waals surface area contributed by atoms with E-state index in [4.69, 9.17) is 0 Å². The number of rotatable bonds is 3. The van der Waals surface area contributed by atoms with Crippen LogP contribution in [0.1, 0.15) is 19.3 Å². The summed E-state index contributed by atoms with van der Waals surface area (Å²) < 4.78 is 2.20. The molecule has 0 N–H and O–H groups in total. The lowest BCUT2D eigenvalue weighted by atomic mass is 10.0. The summed E-state index contributed by atoms with van der Waals surface area (Å²) in [7, 11) is 2.10. The Kier molecular flexibility index (Phi) is 4.15. The summed E-state index contributed by atoms with van der Waals surface area (Å²) in [5.74, 6) is 0. The second kappa shape index (κ2) is 4.93. The van der Waals surface area contributed by atoms with E-state index in [1.807, 2.05) is 0 Å². The standard InChI is InChI=1S/C9H14IN/c1-11(10)8-7-9-5-3-2-4-6-9/h3,5-6H,2,4,7-8H2,1H3. The van der Waals surface area contributed by atoms with E-state index in [0.29, 0.717) is 0 Å². The first-order valence-corrected chi connectivity index (χ1v) is 4.98.